The van der Waals surface area contributed by atoms with Crippen LogP contribution in [-0.4, -0.2) is 94.0 Å². The van der Waals surface area contributed by atoms with E-state index in [1.807, 2.05) is 44.3 Å². The second kappa shape index (κ2) is 11.9. The molecule has 11 nitrogen and oxygen atoms in total. The maximum atomic E-state index is 12.6. The minimum Gasteiger partial charge on any atom is -0.371 e. The average Bonchev–Trinajstić information content (AvgIpc) is 3.47. The molecule has 1 aromatic carbocycles. The molecule has 3 aromatic heterocycles. The fraction of sp³-hybridized carbons (Fsp3) is 0.419. The number of nitrogens with one attached hydrogen (secondary N) is 3. The summed E-state index contributed by atoms with van der Waals surface area (Å²) in [6.45, 7) is 10.8. The van der Waals surface area contributed by atoms with Crippen molar-refractivity contribution >= 4 is 39.8 Å². The van der Waals surface area contributed by atoms with E-state index in [4.69, 9.17) is 15.7 Å². The predicted molar refractivity (Wildman–Crippen MR) is 168 cm³/mol. The zero-order valence-electron chi connectivity index (χ0n) is 24.6. The molecular weight excluding hydrogens is 528 g/mol. The van der Waals surface area contributed by atoms with Gasteiger partial charge in [0.05, 0.1) is 0 Å². The van der Waals surface area contributed by atoms with Crippen LogP contribution in [0.25, 0.3) is 22.3 Å². The smallest absolute Gasteiger partial charge is 0.271 e. The van der Waals surface area contributed by atoms with Crippen molar-refractivity contribution in [2.45, 2.75) is 38.8 Å². The first-order valence-electron chi connectivity index (χ1n) is 14.8. The van der Waals surface area contributed by atoms with Crippen LogP contribution in [0.3, 0.4) is 0 Å². The first-order valence-corrected chi connectivity index (χ1v) is 14.8. The van der Waals surface area contributed by atoms with Gasteiger partial charge in [0.15, 0.2) is 17.3 Å². The van der Waals surface area contributed by atoms with Crippen molar-refractivity contribution in [3.63, 3.8) is 0 Å². The van der Waals surface area contributed by atoms with Crippen LogP contribution < -0.4 is 21.3 Å². The van der Waals surface area contributed by atoms with Gasteiger partial charge in [-0.2, -0.15) is 0 Å². The van der Waals surface area contributed by atoms with Crippen molar-refractivity contribution < 1.29 is 4.79 Å². The number of benzene rings is 1. The quantitative estimate of drug-likeness (QED) is 0.250. The van der Waals surface area contributed by atoms with Gasteiger partial charge in [0.2, 0.25) is 0 Å². The second-order valence-corrected chi connectivity index (χ2v) is 11.6. The van der Waals surface area contributed by atoms with Gasteiger partial charge >= 0.3 is 0 Å². The Morgan fingerprint density at radius 1 is 0.952 bits per heavy atom. The van der Waals surface area contributed by atoms with Gasteiger partial charge in [-0.1, -0.05) is 0 Å². The fourth-order valence-corrected chi connectivity index (χ4v) is 5.97. The van der Waals surface area contributed by atoms with Crippen molar-refractivity contribution in [1.82, 2.24) is 29.7 Å². The highest BCUT2D eigenvalue weighted by atomic mass is 16.1. The van der Waals surface area contributed by atoms with Gasteiger partial charge in [0.1, 0.15) is 11.4 Å². The summed E-state index contributed by atoms with van der Waals surface area (Å²) in [5.74, 6) is 0.165. The van der Waals surface area contributed by atoms with Crippen molar-refractivity contribution in [2.24, 2.45) is 5.73 Å². The zero-order chi connectivity index (χ0) is 29.2. The largest absolute Gasteiger partial charge is 0.371 e. The summed E-state index contributed by atoms with van der Waals surface area (Å²) in [7, 11) is 2.21. The molecule has 0 saturated carbocycles. The number of H-pyrrole nitrogens is 1. The van der Waals surface area contributed by atoms with E-state index in [0.29, 0.717) is 29.1 Å². The highest BCUT2D eigenvalue weighted by Crippen LogP contribution is 2.33. The summed E-state index contributed by atoms with van der Waals surface area (Å²) in [5, 5.41) is 7.55. The Kier molecular flexibility index (Phi) is 7.94. The Balaban J connectivity index is 1.21. The molecule has 42 heavy (non-hydrogen) atoms. The van der Waals surface area contributed by atoms with Crippen LogP contribution in [0, 0.1) is 0 Å². The number of aromatic nitrogens is 4. The minimum absolute atomic E-state index is 0.0590. The molecule has 1 amide bonds. The third-order valence-corrected chi connectivity index (χ3v) is 8.27. The van der Waals surface area contributed by atoms with Gasteiger partial charge in [-0.15, -0.1) is 0 Å². The number of primary amides is 1. The van der Waals surface area contributed by atoms with Crippen LogP contribution in [0.15, 0.2) is 48.8 Å². The van der Waals surface area contributed by atoms with Crippen molar-refractivity contribution in [2.75, 3.05) is 61.8 Å². The zero-order valence-corrected chi connectivity index (χ0v) is 24.6. The van der Waals surface area contributed by atoms with Crippen LogP contribution in [-0.2, 0) is 0 Å². The lowest BCUT2D eigenvalue weighted by Gasteiger charge is -2.42. The number of likely N-dealkylation sites (N-methyl/N-ethyl adjacent to an activating group) is 1. The van der Waals surface area contributed by atoms with E-state index >= 15 is 0 Å². The number of hydrogen-bond donors (Lipinski definition) is 4. The molecule has 0 unspecified atom stereocenters. The molecule has 0 radical (unpaired) electrons. The van der Waals surface area contributed by atoms with E-state index in [0.717, 1.165) is 42.8 Å². The molecule has 5 N–H and O–H groups in total. The molecule has 4 aromatic rings. The highest BCUT2D eigenvalue weighted by molar-refractivity contribution is 5.99. The fourth-order valence-electron chi connectivity index (χ4n) is 5.97. The van der Waals surface area contributed by atoms with Crippen molar-refractivity contribution in [3.05, 3.63) is 54.5 Å². The summed E-state index contributed by atoms with van der Waals surface area (Å²) in [4.78, 5) is 37.4. The number of carbonyl (C=O) groups is 1. The normalized spacial score (nSPS) is 17.2. The average molecular weight is 569 g/mol. The third kappa shape index (κ3) is 5.88. The van der Waals surface area contributed by atoms with Crippen LogP contribution in [0.1, 0.15) is 37.2 Å². The van der Waals surface area contributed by atoms with Crippen LogP contribution in [0.4, 0.5) is 23.0 Å². The molecule has 5 heterocycles. The lowest BCUT2D eigenvalue weighted by molar-refractivity contribution is 0.0982. The van der Waals surface area contributed by atoms with Gasteiger partial charge in [-0.25, -0.2) is 9.97 Å². The summed E-state index contributed by atoms with van der Waals surface area (Å²) in [5.41, 5.74) is 9.89. The Morgan fingerprint density at radius 3 is 2.38 bits per heavy atom. The molecule has 2 saturated heterocycles. The Bertz CT molecular complexity index is 1530. The van der Waals surface area contributed by atoms with E-state index in [1.54, 1.807) is 6.20 Å². The lowest BCUT2D eigenvalue weighted by atomic mass is 10.0. The molecule has 0 bridgehead atoms. The standard InChI is InChI=1S/C31H40N10O/c1-20(2)35-30-27(26-24-8-12-33-25(24)9-13-34-26)37-28(29(32)42)31(38-30)36-21-4-6-22(7-5-21)40-14-10-23(11-15-40)41-18-16-39(3)17-19-41/h4-9,12-13,20,23,33H,10-11,14-19H2,1-3H3,(H2,32,42)(H2,35,36,38). The van der Waals surface area contributed by atoms with Crippen LogP contribution in [0.5, 0.6) is 0 Å². The first kappa shape index (κ1) is 27.9. The third-order valence-electron chi connectivity index (χ3n) is 8.27. The molecule has 6 rings (SSSR count). The maximum Gasteiger partial charge on any atom is 0.271 e. The number of hydrogen-bond acceptors (Lipinski definition) is 9. The van der Waals surface area contributed by atoms with E-state index < -0.39 is 5.91 Å². The number of nitrogens with zero attached hydrogens (tertiary/aromatic N) is 6. The first-order chi connectivity index (χ1) is 20.4. The Labute approximate surface area is 246 Å². The van der Waals surface area contributed by atoms with Gasteiger partial charge < -0.3 is 31.2 Å². The number of piperazine rings is 1. The summed E-state index contributed by atoms with van der Waals surface area (Å²) < 4.78 is 0. The molecule has 0 spiro atoms. The molecule has 11 heteroatoms. The van der Waals surface area contributed by atoms with Crippen LogP contribution >= 0.6 is 0 Å². The molecular formula is C31H40N10O. The van der Waals surface area contributed by atoms with Crippen molar-refractivity contribution in [1.29, 1.82) is 0 Å². The number of nitrogens with two attached hydrogens (primary N) is 1. The minimum atomic E-state index is -0.663. The summed E-state index contributed by atoms with van der Waals surface area (Å²) >= 11 is 0. The lowest BCUT2D eigenvalue weighted by Crippen LogP contribution is -2.52. The molecule has 2 aliphatic heterocycles. The SMILES string of the molecule is CC(C)Nc1nc(Nc2ccc(N3CCC(N4CCN(C)CC4)CC3)cc2)c(C(N)=O)nc1-c1nccc2[nH]ccc12. The topological polar surface area (TPSA) is 131 Å². The maximum absolute atomic E-state index is 12.6. The number of amides is 1. The van der Waals surface area contributed by atoms with Gasteiger partial charge in [-0.3, -0.25) is 14.7 Å². The van der Waals surface area contributed by atoms with E-state index in [9.17, 15) is 4.79 Å². The Hall–Kier alpha value is -4.22. The molecule has 220 valence electrons. The molecule has 2 aliphatic rings. The number of anilines is 4. The highest BCUT2D eigenvalue weighted by Gasteiger charge is 2.27. The summed E-state index contributed by atoms with van der Waals surface area (Å²) in [6, 6.07) is 12.9. The number of rotatable bonds is 8. The number of carbonyl (C=O) groups excluding carboxylic acids is 1. The summed E-state index contributed by atoms with van der Waals surface area (Å²) in [6.07, 6.45) is 5.93. The van der Waals surface area contributed by atoms with Crippen molar-refractivity contribution in [3.8, 4) is 11.4 Å². The molecule has 0 atom stereocenters. The van der Waals surface area contributed by atoms with E-state index in [1.165, 1.54) is 31.6 Å². The molecule has 0 aliphatic carbocycles. The number of pyridine rings is 1. The monoisotopic (exact) mass is 568 g/mol. The van der Waals surface area contributed by atoms with E-state index in [2.05, 4.69) is 54.5 Å². The van der Waals surface area contributed by atoms with Gasteiger partial charge in [-0.05, 0) is 70.1 Å². The number of fused-ring (bicyclic) bond motifs is 1. The number of piperidine rings is 1. The molecule has 2 fully saturated rings. The Morgan fingerprint density at radius 2 is 1.69 bits per heavy atom. The van der Waals surface area contributed by atoms with Gasteiger partial charge in [0, 0.05) is 86.0 Å². The number of aromatic amines is 1. The van der Waals surface area contributed by atoms with E-state index in [-0.39, 0.29) is 11.7 Å². The predicted octanol–water partition coefficient (Wildman–Crippen LogP) is 3.90. The second-order valence-electron chi connectivity index (χ2n) is 11.6. The van der Waals surface area contributed by atoms with Gasteiger partial charge in [0.25, 0.3) is 5.91 Å². The van der Waals surface area contributed by atoms with Crippen LogP contribution in [0.2, 0.25) is 0 Å².